The van der Waals surface area contributed by atoms with Gasteiger partial charge in [-0.2, -0.15) is 0 Å². The number of aromatic nitrogens is 1. The molecule has 0 saturated heterocycles. The molecular weight excluding hydrogens is 348 g/mol. The number of hydrogen-bond donors (Lipinski definition) is 2. The number of carboxylic acids is 1. The highest BCUT2D eigenvalue weighted by Gasteiger charge is 2.45. The van der Waals surface area contributed by atoms with Crippen molar-refractivity contribution in [2.24, 2.45) is 5.92 Å². The Bertz CT molecular complexity index is 1010. The van der Waals surface area contributed by atoms with E-state index < -0.39 is 5.97 Å². The van der Waals surface area contributed by atoms with Crippen molar-refractivity contribution in [3.63, 3.8) is 0 Å². The van der Waals surface area contributed by atoms with E-state index in [0.29, 0.717) is 6.42 Å². The molecule has 0 spiro atoms. The molecule has 1 fully saturated rings. The second-order valence-electron chi connectivity index (χ2n) is 7.73. The van der Waals surface area contributed by atoms with E-state index >= 15 is 0 Å². The molecule has 3 atom stereocenters. The lowest BCUT2D eigenvalue weighted by molar-refractivity contribution is -0.138. The molecule has 4 heteroatoms. The van der Waals surface area contributed by atoms with Crippen LogP contribution >= 0.6 is 0 Å². The molecule has 3 aromatic rings. The van der Waals surface area contributed by atoms with Crippen molar-refractivity contribution in [3.05, 3.63) is 83.7 Å². The van der Waals surface area contributed by atoms with Crippen molar-refractivity contribution in [2.75, 3.05) is 5.32 Å². The van der Waals surface area contributed by atoms with Gasteiger partial charge >= 0.3 is 5.97 Å². The average Bonchev–Trinajstić information content (AvgIpc) is 3.44. The zero-order chi connectivity index (χ0) is 19.1. The minimum absolute atomic E-state index is 0.0761. The highest BCUT2D eigenvalue weighted by molar-refractivity contribution is 5.75. The molecule has 2 N–H and O–H groups in total. The first-order valence-electron chi connectivity index (χ1n) is 9.83. The fourth-order valence-corrected chi connectivity index (χ4v) is 4.40. The summed E-state index contributed by atoms with van der Waals surface area (Å²) >= 11 is 0. The molecule has 2 aliphatic rings. The normalized spacial score (nSPS) is 22.5. The maximum absolute atomic E-state index is 11.0. The van der Waals surface area contributed by atoms with Gasteiger partial charge in [-0.05, 0) is 53.6 Å². The molecule has 2 aromatic carbocycles. The fourth-order valence-electron chi connectivity index (χ4n) is 4.40. The molecule has 4 nitrogen and oxygen atoms in total. The second-order valence-corrected chi connectivity index (χ2v) is 7.73. The minimum Gasteiger partial charge on any atom is -0.481 e. The first kappa shape index (κ1) is 17.0. The molecule has 1 saturated carbocycles. The lowest BCUT2D eigenvalue weighted by Gasteiger charge is -2.16. The summed E-state index contributed by atoms with van der Waals surface area (Å²) in [4.78, 5) is 15.6. The van der Waals surface area contributed by atoms with Crippen molar-refractivity contribution in [1.29, 1.82) is 0 Å². The number of pyridine rings is 1. The Labute approximate surface area is 164 Å². The van der Waals surface area contributed by atoms with E-state index in [4.69, 9.17) is 5.11 Å². The lowest BCUT2D eigenvalue weighted by Crippen LogP contribution is -2.07. The van der Waals surface area contributed by atoms with E-state index in [2.05, 4.69) is 52.8 Å². The molecule has 0 aliphatic heterocycles. The predicted molar refractivity (Wildman–Crippen MR) is 109 cm³/mol. The number of fused-ring (bicyclic) bond motifs is 1. The maximum atomic E-state index is 11.0. The van der Waals surface area contributed by atoms with Gasteiger partial charge < -0.3 is 10.4 Å². The number of nitrogens with zero attached hydrogens (tertiary/aromatic N) is 1. The Hall–Kier alpha value is -3.14. The first-order chi connectivity index (χ1) is 13.7. The van der Waals surface area contributed by atoms with Crippen LogP contribution in [0, 0.1) is 5.92 Å². The number of aliphatic carboxylic acids is 1. The van der Waals surface area contributed by atoms with Crippen LogP contribution in [-0.2, 0) is 11.2 Å². The van der Waals surface area contributed by atoms with Crippen LogP contribution in [0.4, 0.5) is 5.69 Å². The van der Waals surface area contributed by atoms with Gasteiger partial charge in [0, 0.05) is 11.6 Å². The van der Waals surface area contributed by atoms with Crippen molar-refractivity contribution in [2.45, 2.75) is 31.2 Å². The van der Waals surface area contributed by atoms with E-state index in [1.165, 1.54) is 22.3 Å². The summed E-state index contributed by atoms with van der Waals surface area (Å²) in [5, 5.41) is 12.7. The van der Waals surface area contributed by atoms with Crippen LogP contribution in [0.2, 0.25) is 0 Å². The van der Waals surface area contributed by atoms with Gasteiger partial charge in [-0.15, -0.1) is 0 Å². The Balaban J connectivity index is 1.34. The molecular formula is C24H22N2O2. The maximum Gasteiger partial charge on any atom is 0.307 e. The Morgan fingerprint density at radius 3 is 2.61 bits per heavy atom. The molecule has 0 radical (unpaired) electrons. The highest BCUT2D eigenvalue weighted by atomic mass is 16.4. The van der Waals surface area contributed by atoms with Crippen LogP contribution in [0.5, 0.6) is 0 Å². The monoisotopic (exact) mass is 370 g/mol. The largest absolute Gasteiger partial charge is 0.481 e. The second kappa shape index (κ2) is 6.79. The zero-order valence-electron chi connectivity index (χ0n) is 15.5. The Morgan fingerprint density at radius 1 is 1.04 bits per heavy atom. The van der Waals surface area contributed by atoms with E-state index in [1.54, 1.807) is 0 Å². The molecule has 0 bridgehead atoms. The van der Waals surface area contributed by atoms with Gasteiger partial charge in [0.2, 0.25) is 0 Å². The van der Waals surface area contributed by atoms with E-state index in [0.717, 1.165) is 24.2 Å². The van der Waals surface area contributed by atoms with Gasteiger partial charge in [-0.1, -0.05) is 48.5 Å². The molecule has 1 aromatic heterocycles. The van der Waals surface area contributed by atoms with Crippen LogP contribution in [-0.4, -0.2) is 16.1 Å². The molecule has 140 valence electrons. The number of hydrogen-bond acceptors (Lipinski definition) is 3. The summed E-state index contributed by atoms with van der Waals surface area (Å²) in [6.45, 7) is 0. The number of nitrogens with one attached hydrogen (secondary N) is 1. The van der Waals surface area contributed by atoms with Gasteiger partial charge in [0.15, 0.2) is 0 Å². The highest BCUT2D eigenvalue weighted by Crippen LogP contribution is 2.47. The first-order valence-corrected chi connectivity index (χ1v) is 9.83. The van der Waals surface area contributed by atoms with Crippen LogP contribution in [0.15, 0.2) is 66.9 Å². The quantitative estimate of drug-likeness (QED) is 0.661. The van der Waals surface area contributed by atoms with Gasteiger partial charge in [-0.3, -0.25) is 9.78 Å². The fraction of sp³-hybridized carbons (Fsp3) is 0.250. The van der Waals surface area contributed by atoms with Crippen molar-refractivity contribution >= 4 is 11.7 Å². The summed E-state index contributed by atoms with van der Waals surface area (Å²) in [5.41, 5.74) is 7.25. The van der Waals surface area contributed by atoms with E-state index in [9.17, 15) is 4.79 Å². The van der Waals surface area contributed by atoms with Crippen molar-refractivity contribution in [3.8, 4) is 11.1 Å². The summed E-state index contributed by atoms with van der Waals surface area (Å²) in [6, 6.07) is 21.4. The molecule has 2 aliphatic carbocycles. The third-order valence-electron chi connectivity index (χ3n) is 5.97. The van der Waals surface area contributed by atoms with Crippen molar-refractivity contribution < 1.29 is 9.90 Å². The zero-order valence-corrected chi connectivity index (χ0v) is 15.5. The van der Waals surface area contributed by atoms with Crippen LogP contribution in [0.25, 0.3) is 11.1 Å². The molecule has 28 heavy (non-hydrogen) atoms. The Morgan fingerprint density at radius 2 is 1.89 bits per heavy atom. The summed E-state index contributed by atoms with van der Waals surface area (Å²) < 4.78 is 0. The standard InChI is InChI=1S/C24H22N2O2/c27-24(28)21-13-20(21)22-11-9-16(14-25-22)26-23-12-10-18-17(7-4-8-19(18)23)15-5-2-1-3-6-15/h1-9,11,14,20-21,23,26H,10,12-13H2,(H,27,28). The van der Waals surface area contributed by atoms with E-state index in [1.807, 2.05) is 24.4 Å². The lowest BCUT2D eigenvalue weighted by atomic mass is 9.96. The van der Waals surface area contributed by atoms with Crippen LogP contribution in [0.1, 0.15) is 41.6 Å². The summed E-state index contributed by atoms with van der Waals surface area (Å²) in [5.74, 6) is -0.901. The van der Waals surface area contributed by atoms with Gasteiger partial charge in [0.05, 0.1) is 23.8 Å². The van der Waals surface area contributed by atoms with Crippen molar-refractivity contribution in [1.82, 2.24) is 4.98 Å². The predicted octanol–water partition coefficient (Wildman–Crippen LogP) is 5.04. The molecule has 3 unspecified atom stereocenters. The van der Waals surface area contributed by atoms with Gasteiger partial charge in [0.1, 0.15) is 0 Å². The van der Waals surface area contributed by atoms with E-state index in [-0.39, 0.29) is 17.9 Å². The third kappa shape index (κ3) is 3.05. The topological polar surface area (TPSA) is 62.2 Å². The smallest absolute Gasteiger partial charge is 0.307 e. The molecule has 5 rings (SSSR count). The number of rotatable bonds is 5. The van der Waals surface area contributed by atoms with Crippen LogP contribution < -0.4 is 5.32 Å². The average molecular weight is 370 g/mol. The number of benzene rings is 2. The SMILES string of the molecule is O=C(O)C1CC1c1ccc(NC2CCc3c(-c4ccccc4)cccc32)cn1. The van der Waals surface area contributed by atoms with Crippen LogP contribution in [0.3, 0.4) is 0 Å². The number of anilines is 1. The summed E-state index contributed by atoms with van der Waals surface area (Å²) in [7, 11) is 0. The van der Waals surface area contributed by atoms with Gasteiger partial charge in [0.25, 0.3) is 0 Å². The Kier molecular flexibility index (Phi) is 4.12. The third-order valence-corrected chi connectivity index (χ3v) is 5.97. The number of carbonyl (C=O) groups is 1. The minimum atomic E-state index is -0.717. The summed E-state index contributed by atoms with van der Waals surface area (Å²) in [6.07, 6.45) is 4.66. The number of carboxylic acid groups (broad SMARTS) is 1. The van der Waals surface area contributed by atoms with Gasteiger partial charge in [-0.25, -0.2) is 0 Å². The molecule has 1 heterocycles. The molecule has 0 amide bonds.